The van der Waals surface area contributed by atoms with E-state index in [0.717, 1.165) is 12.1 Å². The molecule has 0 aliphatic carbocycles. The summed E-state index contributed by atoms with van der Waals surface area (Å²) in [5.41, 5.74) is -1.14. The molecule has 0 aromatic heterocycles. The molecule has 0 amide bonds. The molecule has 0 aliphatic rings. The molecule has 0 unspecified atom stereocenters. The normalized spacial score (nSPS) is 12.9. The second-order valence-electron chi connectivity index (χ2n) is 2.99. The standard InChI is InChI=1S/C9H6F6/c10-8(11,12)5-6-1-3-7(4-2-6)9(13,14)15/h1-4H,5H2. The molecule has 0 radical (unpaired) electrons. The Bertz CT molecular complexity index is 318. The Morgan fingerprint density at radius 3 is 1.60 bits per heavy atom. The molecule has 1 rings (SSSR count). The second-order valence-corrected chi connectivity index (χ2v) is 2.99. The highest BCUT2D eigenvalue weighted by atomic mass is 19.4. The molecular formula is C9H6F6. The summed E-state index contributed by atoms with van der Waals surface area (Å²) in [7, 11) is 0. The lowest BCUT2D eigenvalue weighted by Gasteiger charge is -2.09. The maximum Gasteiger partial charge on any atom is 0.416 e. The van der Waals surface area contributed by atoms with Gasteiger partial charge in [-0.3, -0.25) is 0 Å². The zero-order valence-electron chi connectivity index (χ0n) is 7.28. The highest BCUT2D eigenvalue weighted by Gasteiger charge is 2.31. The molecule has 0 saturated heterocycles. The summed E-state index contributed by atoms with van der Waals surface area (Å²) in [6.07, 6.45) is -10.1. The number of rotatable bonds is 1. The van der Waals surface area contributed by atoms with Gasteiger partial charge in [-0.05, 0) is 17.7 Å². The Kier molecular flexibility index (Phi) is 2.97. The van der Waals surface area contributed by atoms with E-state index in [0.29, 0.717) is 12.1 Å². The Morgan fingerprint density at radius 1 is 0.800 bits per heavy atom. The highest BCUT2D eigenvalue weighted by molar-refractivity contribution is 5.25. The van der Waals surface area contributed by atoms with Crippen LogP contribution >= 0.6 is 0 Å². The fraction of sp³-hybridized carbons (Fsp3) is 0.333. The van der Waals surface area contributed by atoms with Crippen molar-refractivity contribution >= 4 is 0 Å². The highest BCUT2D eigenvalue weighted by Crippen LogP contribution is 2.30. The van der Waals surface area contributed by atoms with E-state index in [4.69, 9.17) is 0 Å². The Balaban J connectivity index is 2.82. The molecule has 84 valence electrons. The van der Waals surface area contributed by atoms with E-state index in [-0.39, 0.29) is 5.56 Å². The largest absolute Gasteiger partial charge is 0.416 e. The van der Waals surface area contributed by atoms with Crippen LogP contribution in [0.3, 0.4) is 0 Å². The van der Waals surface area contributed by atoms with E-state index in [1.807, 2.05) is 0 Å². The van der Waals surface area contributed by atoms with E-state index in [2.05, 4.69) is 0 Å². The van der Waals surface area contributed by atoms with Crippen molar-refractivity contribution < 1.29 is 26.3 Å². The third-order valence-corrected chi connectivity index (χ3v) is 1.69. The number of hydrogen-bond acceptors (Lipinski definition) is 0. The number of benzene rings is 1. The zero-order valence-corrected chi connectivity index (χ0v) is 7.28. The van der Waals surface area contributed by atoms with Crippen molar-refractivity contribution in [2.45, 2.75) is 18.8 Å². The minimum absolute atomic E-state index is 0.185. The molecule has 0 spiro atoms. The van der Waals surface area contributed by atoms with Crippen LogP contribution in [0.1, 0.15) is 11.1 Å². The van der Waals surface area contributed by atoms with E-state index >= 15 is 0 Å². The fourth-order valence-electron chi connectivity index (χ4n) is 1.04. The van der Waals surface area contributed by atoms with Gasteiger partial charge in [0.05, 0.1) is 12.0 Å². The Labute approximate surface area is 81.5 Å². The molecule has 15 heavy (non-hydrogen) atoms. The summed E-state index contributed by atoms with van der Waals surface area (Å²) < 4.78 is 71.7. The molecule has 0 nitrogen and oxygen atoms in total. The summed E-state index contributed by atoms with van der Waals surface area (Å²) in [5, 5.41) is 0. The molecule has 0 aliphatic heterocycles. The SMILES string of the molecule is FC(F)(F)Cc1ccc(C(F)(F)F)cc1. The molecule has 0 heterocycles. The van der Waals surface area contributed by atoms with Crippen LogP contribution in [-0.2, 0) is 12.6 Å². The first-order valence-electron chi connectivity index (χ1n) is 3.91. The van der Waals surface area contributed by atoms with Crippen molar-refractivity contribution in [1.29, 1.82) is 0 Å². The molecule has 6 heteroatoms. The lowest BCUT2D eigenvalue weighted by molar-refractivity contribution is -0.137. The van der Waals surface area contributed by atoms with Gasteiger partial charge in [-0.15, -0.1) is 0 Å². The van der Waals surface area contributed by atoms with Gasteiger partial charge in [-0.25, -0.2) is 0 Å². The second kappa shape index (κ2) is 3.75. The van der Waals surface area contributed by atoms with Crippen LogP contribution in [0.2, 0.25) is 0 Å². The zero-order chi connectivity index (χ0) is 11.7. The van der Waals surface area contributed by atoms with Gasteiger partial charge in [-0.2, -0.15) is 26.3 Å². The van der Waals surface area contributed by atoms with E-state index < -0.39 is 24.3 Å². The van der Waals surface area contributed by atoms with E-state index in [9.17, 15) is 26.3 Å². The minimum Gasteiger partial charge on any atom is -0.171 e. The van der Waals surface area contributed by atoms with Gasteiger partial charge in [-0.1, -0.05) is 12.1 Å². The van der Waals surface area contributed by atoms with Crippen LogP contribution < -0.4 is 0 Å². The first kappa shape index (κ1) is 11.9. The fourth-order valence-corrected chi connectivity index (χ4v) is 1.04. The van der Waals surface area contributed by atoms with Crippen LogP contribution in [-0.4, -0.2) is 6.18 Å². The summed E-state index contributed by atoms with van der Waals surface area (Å²) in [5.74, 6) is 0. The summed E-state index contributed by atoms with van der Waals surface area (Å²) >= 11 is 0. The van der Waals surface area contributed by atoms with E-state index in [1.54, 1.807) is 0 Å². The maximum absolute atomic E-state index is 12.0. The molecule has 0 atom stereocenters. The minimum atomic E-state index is -4.52. The first-order valence-corrected chi connectivity index (χ1v) is 3.91. The van der Waals surface area contributed by atoms with Crippen LogP contribution in [0, 0.1) is 0 Å². The lowest BCUT2D eigenvalue weighted by atomic mass is 10.1. The smallest absolute Gasteiger partial charge is 0.171 e. The van der Waals surface area contributed by atoms with Crippen LogP contribution in [0.5, 0.6) is 0 Å². The van der Waals surface area contributed by atoms with Gasteiger partial charge in [0, 0.05) is 0 Å². The molecule has 1 aromatic rings. The van der Waals surface area contributed by atoms with Gasteiger partial charge in [0.2, 0.25) is 0 Å². The third kappa shape index (κ3) is 3.81. The Morgan fingerprint density at radius 2 is 1.27 bits per heavy atom. The lowest BCUT2D eigenvalue weighted by Crippen LogP contribution is -2.12. The van der Waals surface area contributed by atoms with Gasteiger partial charge in [0.25, 0.3) is 0 Å². The average molecular weight is 228 g/mol. The number of alkyl halides is 6. The van der Waals surface area contributed by atoms with Crippen molar-refractivity contribution in [2.24, 2.45) is 0 Å². The van der Waals surface area contributed by atoms with Crippen LogP contribution in [0.15, 0.2) is 24.3 Å². The average Bonchev–Trinajstić information content (AvgIpc) is 2.00. The third-order valence-electron chi connectivity index (χ3n) is 1.69. The predicted molar refractivity (Wildman–Crippen MR) is 41.2 cm³/mol. The summed E-state index contributed by atoms with van der Waals surface area (Å²) in [4.78, 5) is 0. The molecule has 0 saturated carbocycles. The molecule has 1 aromatic carbocycles. The van der Waals surface area contributed by atoms with Gasteiger partial charge in [0.15, 0.2) is 0 Å². The monoisotopic (exact) mass is 228 g/mol. The van der Waals surface area contributed by atoms with Crippen molar-refractivity contribution in [3.8, 4) is 0 Å². The van der Waals surface area contributed by atoms with Crippen molar-refractivity contribution in [3.05, 3.63) is 35.4 Å². The molecule has 0 fully saturated rings. The first-order chi connectivity index (χ1) is 6.68. The topological polar surface area (TPSA) is 0 Å². The molecule has 0 bridgehead atoms. The summed E-state index contributed by atoms with van der Waals surface area (Å²) in [6, 6.07) is 2.94. The number of halogens is 6. The van der Waals surface area contributed by atoms with Gasteiger partial charge < -0.3 is 0 Å². The predicted octanol–water partition coefficient (Wildman–Crippen LogP) is 3.81. The molecule has 0 N–H and O–H groups in total. The quantitative estimate of drug-likeness (QED) is 0.641. The van der Waals surface area contributed by atoms with Crippen LogP contribution in [0.4, 0.5) is 26.3 Å². The van der Waals surface area contributed by atoms with Crippen molar-refractivity contribution in [1.82, 2.24) is 0 Å². The molecular weight excluding hydrogens is 222 g/mol. The van der Waals surface area contributed by atoms with Crippen molar-refractivity contribution in [2.75, 3.05) is 0 Å². The number of hydrogen-bond donors (Lipinski definition) is 0. The Hall–Kier alpha value is -1.20. The van der Waals surface area contributed by atoms with Gasteiger partial charge in [0.1, 0.15) is 0 Å². The summed E-state index contributed by atoms with van der Waals surface area (Å²) in [6.45, 7) is 0. The van der Waals surface area contributed by atoms with Crippen molar-refractivity contribution in [3.63, 3.8) is 0 Å². The van der Waals surface area contributed by atoms with Gasteiger partial charge >= 0.3 is 12.4 Å². The van der Waals surface area contributed by atoms with Crippen LogP contribution in [0.25, 0.3) is 0 Å². The van der Waals surface area contributed by atoms with E-state index in [1.165, 1.54) is 0 Å². The maximum atomic E-state index is 12.0.